The summed E-state index contributed by atoms with van der Waals surface area (Å²) in [6.45, 7) is 4.74. The van der Waals surface area contributed by atoms with Gasteiger partial charge in [0.25, 0.3) is 0 Å². The van der Waals surface area contributed by atoms with E-state index in [9.17, 15) is 0 Å². The third-order valence-corrected chi connectivity index (χ3v) is 17.0. The first-order valence-corrected chi connectivity index (χ1v) is 25.9. The van der Waals surface area contributed by atoms with Gasteiger partial charge in [0.15, 0.2) is 0 Å². The van der Waals surface area contributed by atoms with Crippen molar-refractivity contribution in [1.29, 1.82) is 0 Å². The molecule has 2 aliphatic carbocycles. The maximum Gasteiger partial charge on any atom is 0.0713 e. The Bertz CT molecular complexity index is 4050. The Labute approximate surface area is 425 Å². The van der Waals surface area contributed by atoms with Gasteiger partial charge in [-0.3, -0.25) is 0 Å². The van der Waals surface area contributed by atoms with Gasteiger partial charge in [0.05, 0.1) is 5.41 Å². The Morgan fingerprint density at radius 3 is 1.57 bits per heavy atom. The minimum absolute atomic E-state index is 0.151. The van der Waals surface area contributed by atoms with E-state index in [1.54, 1.807) is 0 Å². The molecule has 340 valence electrons. The van der Waals surface area contributed by atoms with Gasteiger partial charge in [0.2, 0.25) is 0 Å². The van der Waals surface area contributed by atoms with Crippen LogP contribution >= 0.6 is 11.3 Å². The van der Waals surface area contributed by atoms with Crippen molar-refractivity contribution in [2.24, 2.45) is 0 Å². The van der Waals surface area contributed by atoms with Crippen molar-refractivity contribution in [3.63, 3.8) is 0 Å². The van der Waals surface area contributed by atoms with Crippen LogP contribution in [0, 0.1) is 0 Å². The Morgan fingerprint density at radius 1 is 0.319 bits per heavy atom. The molecule has 2 aliphatic rings. The molecule has 0 saturated carbocycles. The summed E-state index contributed by atoms with van der Waals surface area (Å²) >= 11 is 1.88. The molecule has 72 heavy (non-hydrogen) atoms. The fourth-order valence-corrected chi connectivity index (χ4v) is 13.8. The third-order valence-electron chi connectivity index (χ3n) is 15.8. The quantitative estimate of drug-likeness (QED) is 0.154. The molecular formula is C70H49NS. The molecule has 2 bridgehead atoms. The number of hydrogen-bond acceptors (Lipinski definition) is 2. The van der Waals surface area contributed by atoms with Crippen molar-refractivity contribution in [1.82, 2.24) is 0 Å². The van der Waals surface area contributed by atoms with E-state index in [1.165, 1.54) is 109 Å². The molecule has 14 rings (SSSR count). The van der Waals surface area contributed by atoms with E-state index in [1.807, 2.05) is 11.3 Å². The van der Waals surface area contributed by atoms with Crippen LogP contribution in [0.15, 0.2) is 261 Å². The minimum atomic E-state index is -0.700. The molecule has 0 fully saturated rings. The zero-order chi connectivity index (χ0) is 48.0. The molecule has 12 aromatic rings. The highest BCUT2D eigenvalue weighted by atomic mass is 32.1. The van der Waals surface area contributed by atoms with Crippen molar-refractivity contribution in [3.8, 4) is 55.6 Å². The highest BCUT2D eigenvalue weighted by molar-refractivity contribution is 7.26. The van der Waals surface area contributed by atoms with E-state index in [0.717, 1.165) is 17.1 Å². The molecule has 0 spiro atoms. The van der Waals surface area contributed by atoms with E-state index in [2.05, 4.69) is 280 Å². The number of anilines is 3. The molecule has 11 aromatic carbocycles. The monoisotopic (exact) mass is 935 g/mol. The largest absolute Gasteiger partial charge is 0.310 e. The molecule has 1 aromatic heterocycles. The summed E-state index contributed by atoms with van der Waals surface area (Å²) in [6.07, 6.45) is 0. The Kier molecular flexibility index (Phi) is 9.71. The summed E-state index contributed by atoms with van der Waals surface area (Å²) in [5, 5.41) is 2.63. The second-order valence-electron chi connectivity index (χ2n) is 19.9. The van der Waals surface area contributed by atoms with Crippen LogP contribution in [0.1, 0.15) is 47.2 Å². The van der Waals surface area contributed by atoms with Crippen molar-refractivity contribution >= 4 is 48.6 Å². The third kappa shape index (κ3) is 6.32. The second kappa shape index (κ2) is 16.5. The number of fused-ring (bicyclic) bond motifs is 12. The van der Waals surface area contributed by atoms with Crippen molar-refractivity contribution in [2.75, 3.05) is 4.90 Å². The minimum Gasteiger partial charge on any atom is -0.310 e. The van der Waals surface area contributed by atoms with Gasteiger partial charge in [0, 0.05) is 42.6 Å². The predicted molar refractivity (Wildman–Crippen MR) is 305 cm³/mol. The lowest BCUT2D eigenvalue weighted by Crippen LogP contribution is -2.33. The molecule has 1 atom stereocenters. The molecule has 1 nitrogen and oxygen atoms in total. The Morgan fingerprint density at radius 2 is 0.819 bits per heavy atom. The lowest BCUT2D eigenvalue weighted by Gasteiger charge is -2.41. The van der Waals surface area contributed by atoms with Gasteiger partial charge in [-0.25, -0.2) is 0 Å². The molecule has 1 heterocycles. The smallest absolute Gasteiger partial charge is 0.0713 e. The number of rotatable bonds is 7. The number of hydrogen-bond donors (Lipinski definition) is 0. The lowest BCUT2D eigenvalue weighted by atomic mass is 9.60. The highest BCUT2D eigenvalue weighted by Crippen LogP contribution is 2.57. The fourth-order valence-electron chi connectivity index (χ4n) is 12.5. The zero-order valence-electron chi connectivity index (χ0n) is 40.2. The van der Waals surface area contributed by atoms with Crippen LogP contribution in [0.4, 0.5) is 17.1 Å². The van der Waals surface area contributed by atoms with Crippen LogP contribution in [-0.4, -0.2) is 0 Å². The normalized spacial score (nSPS) is 15.0. The van der Waals surface area contributed by atoms with E-state index in [4.69, 9.17) is 0 Å². The Balaban J connectivity index is 0.985. The molecule has 0 amide bonds. The van der Waals surface area contributed by atoms with Crippen LogP contribution < -0.4 is 4.90 Å². The van der Waals surface area contributed by atoms with E-state index in [-0.39, 0.29) is 5.41 Å². The first kappa shape index (κ1) is 42.3. The topological polar surface area (TPSA) is 3.24 Å². The van der Waals surface area contributed by atoms with Crippen LogP contribution in [0.25, 0.3) is 75.8 Å². The number of nitrogens with zero attached hydrogens (tertiary/aromatic N) is 1. The standard InChI is InChI=1S/C70H49NS/c1-69(2)62-31-14-11-26-57(62)58-44-43-52(45-65(58)69)71(50-39-35-46(36-40-50)53-28-17-30-61-59-27-13-16-34-66(59)72-68(53)61)51-41-37-49(38-42-51)70(48-21-7-4-8-22-48)63-32-15-12-25-56(63)54-23-9-10-24-55(54)60-29-18-33-64(70)67(60)47-19-5-3-6-20-47/h3-45H,1-2H3. The van der Waals surface area contributed by atoms with E-state index >= 15 is 0 Å². The second-order valence-corrected chi connectivity index (χ2v) is 21.0. The average Bonchev–Trinajstić information content (AvgIpc) is 3.94. The molecule has 1 unspecified atom stereocenters. The summed E-state index contributed by atoms with van der Waals surface area (Å²) in [6, 6.07) is 97.6. The molecule has 0 radical (unpaired) electrons. The van der Waals surface area contributed by atoms with Crippen molar-refractivity contribution in [2.45, 2.75) is 24.7 Å². The number of thiophene rings is 1. The van der Waals surface area contributed by atoms with E-state index in [0.29, 0.717) is 0 Å². The average molecular weight is 936 g/mol. The van der Waals surface area contributed by atoms with Crippen LogP contribution in [0.5, 0.6) is 0 Å². The van der Waals surface area contributed by atoms with Gasteiger partial charge >= 0.3 is 0 Å². The SMILES string of the molecule is CC1(C)c2ccccc2-c2ccc(N(c3ccc(-c4cccc5c4sc4ccccc45)cc3)c3ccc(C4(c5ccccc5)c5ccccc5-c5ccccc5-c5cccc4c5-c4ccccc4)cc3)cc21. The fraction of sp³-hybridized carbons (Fsp3) is 0.0571. The molecule has 0 N–H and O–H groups in total. The van der Waals surface area contributed by atoms with Gasteiger partial charge in [0.1, 0.15) is 0 Å². The van der Waals surface area contributed by atoms with Crippen molar-refractivity contribution < 1.29 is 0 Å². The van der Waals surface area contributed by atoms with Crippen LogP contribution in [0.3, 0.4) is 0 Å². The van der Waals surface area contributed by atoms with Crippen LogP contribution in [0.2, 0.25) is 0 Å². The van der Waals surface area contributed by atoms with Gasteiger partial charge < -0.3 is 4.90 Å². The van der Waals surface area contributed by atoms with Crippen LogP contribution in [-0.2, 0) is 10.8 Å². The molecule has 2 heteroatoms. The Hall–Kier alpha value is -8.56. The van der Waals surface area contributed by atoms with Gasteiger partial charge in [-0.2, -0.15) is 0 Å². The summed E-state index contributed by atoms with van der Waals surface area (Å²) < 4.78 is 2.64. The maximum absolute atomic E-state index is 2.46. The number of benzene rings is 11. The molecule has 0 aliphatic heterocycles. The first-order valence-electron chi connectivity index (χ1n) is 25.1. The zero-order valence-corrected chi connectivity index (χ0v) is 41.0. The predicted octanol–water partition coefficient (Wildman–Crippen LogP) is 19.2. The summed E-state index contributed by atoms with van der Waals surface area (Å²) in [5.41, 5.74) is 22.7. The van der Waals surface area contributed by atoms with Gasteiger partial charge in [-0.15, -0.1) is 11.3 Å². The highest BCUT2D eigenvalue weighted by Gasteiger charge is 2.44. The maximum atomic E-state index is 2.46. The molecule has 0 saturated heterocycles. The lowest BCUT2D eigenvalue weighted by molar-refractivity contribution is 0.660. The summed E-state index contributed by atoms with van der Waals surface area (Å²) in [5.74, 6) is 0. The van der Waals surface area contributed by atoms with Gasteiger partial charge in [-0.1, -0.05) is 232 Å². The van der Waals surface area contributed by atoms with Crippen molar-refractivity contribution in [3.05, 3.63) is 294 Å². The summed E-state index contributed by atoms with van der Waals surface area (Å²) in [7, 11) is 0. The van der Waals surface area contributed by atoms with Gasteiger partial charge in [-0.05, 0) is 131 Å². The van der Waals surface area contributed by atoms with E-state index < -0.39 is 5.41 Å². The first-order chi connectivity index (χ1) is 35.5. The summed E-state index contributed by atoms with van der Waals surface area (Å²) in [4.78, 5) is 2.46. The molecular weight excluding hydrogens is 887 g/mol.